The third kappa shape index (κ3) is 5.22. The Morgan fingerprint density at radius 3 is 2.78 bits per heavy atom. The highest BCUT2D eigenvalue weighted by molar-refractivity contribution is 5.35. The molecular weight excluding hydrogens is 226 g/mol. The Labute approximate surface area is 109 Å². The molecule has 2 N–H and O–H groups in total. The highest BCUT2D eigenvalue weighted by Gasteiger charge is 2.07. The van der Waals surface area contributed by atoms with Gasteiger partial charge < -0.3 is 15.2 Å². The monoisotopic (exact) mass is 247 g/mol. The molecule has 1 atom stereocenters. The van der Waals surface area contributed by atoms with E-state index in [0.717, 1.165) is 11.3 Å². The summed E-state index contributed by atoms with van der Waals surface area (Å²) in [6, 6.07) is 7.99. The molecule has 0 aliphatic rings. The summed E-state index contributed by atoms with van der Waals surface area (Å²) in [5.74, 6) is 3.35. The average Bonchev–Trinajstić information content (AvgIpc) is 2.35. The largest absolute Gasteiger partial charge is 0.491 e. The van der Waals surface area contributed by atoms with Gasteiger partial charge in [0.15, 0.2) is 0 Å². The highest BCUT2D eigenvalue weighted by atomic mass is 16.5. The number of benzene rings is 1. The van der Waals surface area contributed by atoms with Crippen LogP contribution in [-0.4, -0.2) is 30.4 Å². The average molecular weight is 247 g/mol. The van der Waals surface area contributed by atoms with Gasteiger partial charge in [-0.15, -0.1) is 12.3 Å². The smallest absolute Gasteiger partial charge is 0.123 e. The molecular formula is C15H21NO2. The Bertz CT molecular complexity index is 396. The van der Waals surface area contributed by atoms with Crippen LogP contribution in [0.3, 0.4) is 0 Å². The van der Waals surface area contributed by atoms with Crippen LogP contribution in [0, 0.1) is 12.3 Å². The first-order chi connectivity index (χ1) is 8.63. The second kappa shape index (κ2) is 7.75. The fourth-order valence-corrected chi connectivity index (χ4v) is 1.52. The zero-order chi connectivity index (χ0) is 13.4. The molecule has 1 aromatic rings. The summed E-state index contributed by atoms with van der Waals surface area (Å²) in [5, 5.41) is 12.9. The zero-order valence-corrected chi connectivity index (χ0v) is 11.0. The van der Waals surface area contributed by atoms with E-state index in [2.05, 4.69) is 11.2 Å². The Kier molecular flexibility index (Phi) is 6.27. The van der Waals surface area contributed by atoms with Gasteiger partial charge in [0.05, 0.1) is 0 Å². The number of para-hydroxylation sites is 1. The molecule has 0 amide bonds. The van der Waals surface area contributed by atoms with Crippen molar-refractivity contribution in [2.75, 3.05) is 13.2 Å². The number of hydrogen-bond donors (Lipinski definition) is 2. The maximum Gasteiger partial charge on any atom is 0.123 e. The summed E-state index contributed by atoms with van der Waals surface area (Å²) in [6.45, 7) is 4.86. The van der Waals surface area contributed by atoms with Gasteiger partial charge in [-0.05, 0) is 6.07 Å². The van der Waals surface area contributed by atoms with Crippen molar-refractivity contribution in [3.05, 3.63) is 29.8 Å². The van der Waals surface area contributed by atoms with Crippen LogP contribution < -0.4 is 10.1 Å². The predicted molar refractivity (Wildman–Crippen MR) is 73.6 cm³/mol. The maximum atomic E-state index is 9.75. The van der Waals surface area contributed by atoms with E-state index in [9.17, 15) is 5.11 Å². The number of nitrogens with one attached hydrogen (secondary N) is 1. The molecule has 0 radical (unpaired) electrons. The Morgan fingerprint density at radius 1 is 1.39 bits per heavy atom. The molecule has 3 nitrogen and oxygen atoms in total. The van der Waals surface area contributed by atoms with E-state index >= 15 is 0 Å². The van der Waals surface area contributed by atoms with Crippen LogP contribution in [0.5, 0.6) is 5.75 Å². The van der Waals surface area contributed by atoms with Gasteiger partial charge in [0.2, 0.25) is 0 Å². The van der Waals surface area contributed by atoms with Crippen molar-refractivity contribution < 1.29 is 9.84 Å². The normalized spacial score (nSPS) is 12.2. The standard InChI is InChI=1S/C15H21NO2/c1-4-7-13-8-5-6-9-15(13)18-11-14(17)10-16-12(2)3/h1,5-6,8-9,12,14,16-17H,7,10-11H2,2-3H3. The van der Waals surface area contributed by atoms with Crippen molar-refractivity contribution in [3.8, 4) is 18.1 Å². The van der Waals surface area contributed by atoms with E-state index in [1.165, 1.54) is 0 Å². The lowest BCUT2D eigenvalue weighted by Crippen LogP contribution is -2.35. The second-order valence-electron chi connectivity index (χ2n) is 4.52. The summed E-state index contributed by atoms with van der Waals surface area (Å²) < 4.78 is 5.60. The van der Waals surface area contributed by atoms with Crippen LogP contribution in [0.25, 0.3) is 0 Å². The minimum Gasteiger partial charge on any atom is -0.491 e. The summed E-state index contributed by atoms with van der Waals surface area (Å²) in [5.41, 5.74) is 0.976. The molecule has 0 aromatic heterocycles. The van der Waals surface area contributed by atoms with Crippen LogP contribution >= 0.6 is 0 Å². The van der Waals surface area contributed by atoms with Crippen LogP contribution in [0.4, 0.5) is 0 Å². The molecule has 3 heteroatoms. The molecule has 1 rings (SSSR count). The van der Waals surface area contributed by atoms with Crippen molar-refractivity contribution in [2.24, 2.45) is 0 Å². The number of rotatable bonds is 7. The first-order valence-corrected chi connectivity index (χ1v) is 6.19. The molecule has 98 valence electrons. The molecule has 0 aliphatic heterocycles. The van der Waals surface area contributed by atoms with Crippen molar-refractivity contribution in [1.29, 1.82) is 0 Å². The van der Waals surface area contributed by atoms with Crippen LogP contribution in [0.15, 0.2) is 24.3 Å². The lowest BCUT2D eigenvalue weighted by atomic mass is 10.1. The van der Waals surface area contributed by atoms with E-state index in [-0.39, 0.29) is 6.61 Å². The van der Waals surface area contributed by atoms with E-state index in [1.807, 2.05) is 38.1 Å². The Hall–Kier alpha value is -1.50. The topological polar surface area (TPSA) is 41.5 Å². The third-order valence-electron chi connectivity index (χ3n) is 2.46. The quantitative estimate of drug-likeness (QED) is 0.719. The van der Waals surface area contributed by atoms with Gasteiger partial charge in [0.1, 0.15) is 18.5 Å². The zero-order valence-electron chi connectivity index (χ0n) is 11.0. The third-order valence-corrected chi connectivity index (χ3v) is 2.46. The molecule has 0 spiro atoms. The van der Waals surface area contributed by atoms with Gasteiger partial charge in [-0.3, -0.25) is 0 Å². The summed E-state index contributed by atoms with van der Waals surface area (Å²) in [4.78, 5) is 0. The Balaban J connectivity index is 2.45. The molecule has 0 aliphatic carbocycles. The molecule has 0 heterocycles. The lowest BCUT2D eigenvalue weighted by Gasteiger charge is -2.16. The minimum absolute atomic E-state index is 0.265. The van der Waals surface area contributed by atoms with Gasteiger partial charge in [-0.25, -0.2) is 0 Å². The lowest BCUT2D eigenvalue weighted by molar-refractivity contribution is 0.104. The maximum absolute atomic E-state index is 9.75. The van der Waals surface area contributed by atoms with E-state index in [1.54, 1.807) is 0 Å². The second-order valence-corrected chi connectivity index (χ2v) is 4.52. The number of ether oxygens (including phenoxy) is 1. The first kappa shape index (κ1) is 14.6. The SMILES string of the molecule is C#CCc1ccccc1OCC(O)CNC(C)C. The number of terminal acetylenes is 1. The first-order valence-electron chi connectivity index (χ1n) is 6.19. The fourth-order valence-electron chi connectivity index (χ4n) is 1.52. The fraction of sp³-hybridized carbons (Fsp3) is 0.467. The Morgan fingerprint density at radius 2 is 2.11 bits per heavy atom. The number of hydrogen-bond acceptors (Lipinski definition) is 3. The summed E-state index contributed by atoms with van der Waals surface area (Å²) in [7, 11) is 0. The molecule has 0 fully saturated rings. The van der Waals surface area contributed by atoms with Gasteiger partial charge >= 0.3 is 0 Å². The molecule has 1 aromatic carbocycles. The minimum atomic E-state index is -0.522. The van der Waals surface area contributed by atoms with E-state index in [0.29, 0.717) is 19.0 Å². The molecule has 0 saturated carbocycles. The number of aliphatic hydroxyl groups is 1. The predicted octanol–water partition coefficient (Wildman–Crippen LogP) is 1.60. The van der Waals surface area contributed by atoms with Gasteiger partial charge in [0.25, 0.3) is 0 Å². The van der Waals surface area contributed by atoms with Crippen molar-refractivity contribution >= 4 is 0 Å². The van der Waals surface area contributed by atoms with Crippen molar-refractivity contribution in [3.63, 3.8) is 0 Å². The van der Waals surface area contributed by atoms with Crippen molar-refractivity contribution in [2.45, 2.75) is 32.4 Å². The van der Waals surface area contributed by atoms with Gasteiger partial charge in [0, 0.05) is 24.6 Å². The van der Waals surface area contributed by atoms with Crippen LogP contribution in [0.2, 0.25) is 0 Å². The van der Waals surface area contributed by atoms with E-state index in [4.69, 9.17) is 11.2 Å². The molecule has 18 heavy (non-hydrogen) atoms. The molecule has 0 bridgehead atoms. The number of aliphatic hydroxyl groups excluding tert-OH is 1. The highest BCUT2D eigenvalue weighted by Crippen LogP contribution is 2.18. The molecule has 1 unspecified atom stereocenters. The van der Waals surface area contributed by atoms with Crippen molar-refractivity contribution in [1.82, 2.24) is 5.32 Å². The van der Waals surface area contributed by atoms with Crippen LogP contribution in [0.1, 0.15) is 19.4 Å². The van der Waals surface area contributed by atoms with Gasteiger partial charge in [-0.2, -0.15) is 0 Å². The summed E-state index contributed by atoms with van der Waals surface area (Å²) >= 11 is 0. The summed E-state index contributed by atoms with van der Waals surface area (Å²) in [6.07, 6.45) is 5.32. The van der Waals surface area contributed by atoms with Gasteiger partial charge in [-0.1, -0.05) is 32.0 Å². The van der Waals surface area contributed by atoms with Crippen LogP contribution in [-0.2, 0) is 6.42 Å². The molecule has 0 saturated heterocycles. The van der Waals surface area contributed by atoms with E-state index < -0.39 is 6.10 Å².